The molecule has 1 unspecified atom stereocenters. The van der Waals surface area contributed by atoms with Crippen LogP contribution in [0.5, 0.6) is 5.88 Å². The van der Waals surface area contributed by atoms with E-state index < -0.39 is 27.6 Å². The van der Waals surface area contributed by atoms with E-state index in [1.807, 2.05) is 0 Å². The molecule has 0 bridgehead atoms. The molecule has 0 N–H and O–H groups in total. The molecule has 1 atom stereocenters. The van der Waals surface area contributed by atoms with Crippen LogP contribution in [0.3, 0.4) is 0 Å². The molecule has 8 nitrogen and oxygen atoms in total. The van der Waals surface area contributed by atoms with Gasteiger partial charge in [0.1, 0.15) is 5.82 Å². The number of sulfone groups is 1. The lowest BCUT2D eigenvalue weighted by Gasteiger charge is -2.28. The fourth-order valence-corrected chi connectivity index (χ4v) is 5.03. The molecule has 0 spiro atoms. The van der Waals surface area contributed by atoms with Crippen LogP contribution in [0, 0.1) is 5.82 Å². The molecule has 1 aromatic carbocycles. The van der Waals surface area contributed by atoms with Gasteiger partial charge in [0.05, 0.1) is 31.0 Å². The summed E-state index contributed by atoms with van der Waals surface area (Å²) < 4.78 is 45.3. The number of aromatic nitrogens is 2. The molecule has 10 heteroatoms. The molecule has 0 radical (unpaired) electrons. The molecule has 34 heavy (non-hydrogen) atoms. The van der Waals surface area contributed by atoms with Crippen LogP contribution < -0.4 is 10.3 Å². The van der Waals surface area contributed by atoms with Crippen LogP contribution in [0.2, 0.25) is 0 Å². The minimum Gasteiger partial charge on any atom is -0.481 e. The van der Waals surface area contributed by atoms with Crippen molar-refractivity contribution in [3.05, 3.63) is 99.7 Å². The molecule has 2 aromatic heterocycles. The zero-order valence-corrected chi connectivity index (χ0v) is 19.1. The second-order valence-corrected chi connectivity index (χ2v) is 9.75. The standard InChI is InChI=1S/C24H22FN3O5S/c1-33-22-12-17(7-9-26-22)15-28(20-8-11-34(31,32)16-20)24(30)13-18-5-6-19(14-21(18)25)27-10-3-2-4-23(27)29/h2-12,14,20H,13,15-16H2,1H3. The van der Waals surface area contributed by atoms with Gasteiger partial charge in [0.2, 0.25) is 11.8 Å². The van der Waals surface area contributed by atoms with E-state index in [9.17, 15) is 22.4 Å². The number of nitrogens with zero attached hydrogens (tertiary/aromatic N) is 3. The predicted molar refractivity (Wildman–Crippen MR) is 124 cm³/mol. The van der Waals surface area contributed by atoms with E-state index >= 15 is 0 Å². The Balaban J connectivity index is 1.59. The van der Waals surface area contributed by atoms with Crippen LogP contribution in [0.25, 0.3) is 5.69 Å². The summed E-state index contributed by atoms with van der Waals surface area (Å²) >= 11 is 0. The minimum absolute atomic E-state index is 0.0986. The third-order valence-electron chi connectivity index (χ3n) is 5.47. The van der Waals surface area contributed by atoms with Crippen molar-refractivity contribution in [1.82, 2.24) is 14.5 Å². The van der Waals surface area contributed by atoms with Gasteiger partial charge in [0.25, 0.3) is 5.56 Å². The van der Waals surface area contributed by atoms with Gasteiger partial charge in [-0.25, -0.2) is 17.8 Å². The smallest absolute Gasteiger partial charge is 0.255 e. The van der Waals surface area contributed by atoms with Crippen molar-refractivity contribution in [2.75, 3.05) is 12.9 Å². The molecule has 4 rings (SSSR count). The van der Waals surface area contributed by atoms with Gasteiger partial charge in [-0.15, -0.1) is 0 Å². The van der Waals surface area contributed by atoms with Crippen molar-refractivity contribution in [3.8, 4) is 11.6 Å². The Labute approximate surface area is 195 Å². The highest BCUT2D eigenvalue weighted by molar-refractivity contribution is 7.94. The third kappa shape index (κ3) is 5.23. The molecule has 1 aliphatic heterocycles. The summed E-state index contributed by atoms with van der Waals surface area (Å²) in [6.07, 6.45) is 4.25. The summed E-state index contributed by atoms with van der Waals surface area (Å²) in [5.74, 6) is -0.954. The van der Waals surface area contributed by atoms with Crippen molar-refractivity contribution in [2.45, 2.75) is 19.0 Å². The van der Waals surface area contributed by atoms with Gasteiger partial charge in [-0.05, 0) is 41.5 Å². The molecule has 1 amide bonds. The van der Waals surface area contributed by atoms with Gasteiger partial charge in [-0.2, -0.15) is 0 Å². The van der Waals surface area contributed by atoms with Crippen LogP contribution in [-0.4, -0.2) is 47.7 Å². The van der Waals surface area contributed by atoms with Crippen molar-refractivity contribution >= 4 is 15.7 Å². The molecule has 0 aliphatic carbocycles. The molecule has 3 aromatic rings. The average Bonchev–Trinajstić information content (AvgIpc) is 3.18. The maximum atomic E-state index is 14.9. The first kappa shape index (κ1) is 23.4. The second kappa shape index (κ2) is 9.60. The lowest BCUT2D eigenvalue weighted by atomic mass is 10.1. The number of rotatable bonds is 7. The summed E-state index contributed by atoms with van der Waals surface area (Å²) in [5, 5.41) is 1.10. The highest BCUT2D eigenvalue weighted by atomic mass is 32.2. The summed E-state index contributed by atoms with van der Waals surface area (Å²) in [6.45, 7) is 0.0986. The van der Waals surface area contributed by atoms with Crippen molar-refractivity contribution < 1.29 is 22.3 Å². The SMILES string of the molecule is COc1cc(CN(C(=O)Cc2ccc(-n3ccccc3=O)cc2F)C2C=CS(=O)(=O)C2)ccn1. The summed E-state index contributed by atoms with van der Waals surface area (Å²) in [6, 6.07) is 11.5. The van der Waals surface area contributed by atoms with E-state index in [1.54, 1.807) is 30.3 Å². The molecular weight excluding hydrogens is 461 g/mol. The number of hydrogen-bond donors (Lipinski definition) is 0. The first-order valence-corrected chi connectivity index (χ1v) is 12.1. The van der Waals surface area contributed by atoms with Gasteiger partial charge in [-0.1, -0.05) is 12.1 Å². The zero-order valence-electron chi connectivity index (χ0n) is 18.3. The largest absolute Gasteiger partial charge is 0.481 e. The van der Waals surface area contributed by atoms with Crippen molar-refractivity contribution in [2.24, 2.45) is 0 Å². The van der Waals surface area contributed by atoms with Crippen LogP contribution in [0.4, 0.5) is 4.39 Å². The lowest BCUT2D eigenvalue weighted by Crippen LogP contribution is -2.41. The fourth-order valence-electron chi connectivity index (χ4n) is 3.74. The first-order chi connectivity index (χ1) is 16.3. The Morgan fingerprint density at radius 1 is 1.24 bits per heavy atom. The van der Waals surface area contributed by atoms with Crippen LogP contribution in [0.15, 0.2) is 77.2 Å². The quantitative estimate of drug-likeness (QED) is 0.511. The van der Waals surface area contributed by atoms with E-state index in [0.717, 1.165) is 5.41 Å². The first-order valence-electron chi connectivity index (χ1n) is 10.4. The summed E-state index contributed by atoms with van der Waals surface area (Å²) in [5.41, 5.74) is 0.862. The number of hydrogen-bond acceptors (Lipinski definition) is 6. The van der Waals surface area contributed by atoms with E-state index in [-0.39, 0.29) is 29.8 Å². The maximum Gasteiger partial charge on any atom is 0.255 e. The lowest BCUT2D eigenvalue weighted by molar-refractivity contribution is -0.132. The number of amides is 1. The molecule has 1 aliphatic rings. The Morgan fingerprint density at radius 2 is 2.06 bits per heavy atom. The Kier molecular flexibility index (Phi) is 6.60. The molecular formula is C24H22FN3O5S. The van der Waals surface area contributed by atoms with Gasteiger partial charge < -0.3 is 9.64 Å². The topological polar surface area (TPSA) is 98.6 Å². The normalized spacial score (nSPS) is 16.4. The van der Waals surface area contributed by atoms with E-state index in [1.165, 1.54) is 53.2 Å². The van der Waals surface area contributed by atoms with Gasteiger partial charge in [0.15, 0.2) is 9.84 Å². The number of benzene rings is 1. The zero-order chi connectivity index (χ0) is 24.3. The number of carbonyl (C=O) groups excluding carboxylic acids is 1. The monoisotopic (exact) mass is 483 g/mol. The molecule has 3 heterocycles. The Morgan fingerprint density at radius 3 is 2.74 bits per heavy atom. The fraction of sp³-hybridized carbons (Fsp3) is 0.208. The number of ether oxygens (including phenoxy) is 1. The number of methoxy groups -OCH3 is 1. The van der Waals surface area contributed by atoms with E-state index in [4.69, 9.17) is 4.74 Å². The number of halogens is 1. The number of pyridine rings is 2. The van der Waals surface area contributed by atoms with Gasteiger partial charge in [-0.3, -0.25) is 14.2 Å². The van der Waals surface area contributed by atoms with Crippen molar-refractivity contribution in [3.63, 3.8) is 0 Å². The Hall–Kier alpha value is -3.79. The molecule has 0 saturated heterocycles. The third-order valence-corrected chi connectivity index (χ3v) is 6.85. The summed E-state index contributed by atoms with van der Waals surface area (Å²) in [7, 11) is -1.95. The highest BCUT2D eigenvalue weighted by Crippen LogP contribution is 2.21. The van der Waals surface area contributed by atoms with Crippen LogP contribution >= 0.6 is 0 Å². The molecule has 176 valence electrons. The van der Waals surface area contributed by atoms with Crippen molar-refractivity contribution in [1.29, 1.82) is 0 Å². The van der Waals surface area contributed by atoms with Gasteiger partial charge >= 0.3 is 0 Å². The van der Waals surface area contributed by atoms with Crippen LogP contribution in [-0.2, 0) is 27.6 Å². The highest BCUT2D eigenvalue weighted by Gasteiger charge is 2.30. The predicted octanol–water partition coefficient (Wildman–Crippen LogP) is 2.26. The van der Waals surface area contributed by atoms with Crippen LogP contribution in [0.1, 0.15) is 11.1 Å². The molecule has 0 saturated carbocycles. The number of carbonyl (C=O) groups is 1. The summed E-state index contributed by atoms with van der Waals surface area (Å²) in [4.78, 5) is 30.7. The second-order valence-electron chi connectivity index (χ2n) is 7.81. The van der Waals surface area contributed by atoms with E-state index in [0.29, 0.717) is 17.1 Å². The molecule has 0 fully saturated rings. The van der Waals surface area contributed by atoms with Gasteiger partial charge in [0, 0.05) is 36.5 Å². The minimum atomic E-state index is -3.42. The maximum absolute atomic E-state index is 14.9. The Bertz CT molecular complexity index is 1420. The average molecular weight is 484 g/mol. The van der Waals surface area contributed by atoms with E-state index in [2.05, 4.69) is 4.98 Å².